The van der Waals surface area contributed by atoms with E-state index in [9.17, 15) is 0 Å². The van der Waals surface area contributed by atoms with Crippen LogP contribution in [-0.4, -0.2) is 33.3 Å². The number of nitrogens with one attached hydrogen (secondary N) is 1. The summed E-state index contributed by atoms with van der Waals surface area (Å²) in [4.78, 5) is 4.31. The third-order valence-corrected chi connectivity index (χ3v) is 3.91. The van der Waals surface area contributed by atoms with Gasteiger partial charge in [-0.2, -0.15) is 10.1 Å². The molecule has 1 N–H and O–H groups in total. The molecule has 2 heterocycles. The lowest BCUT2D eigenvalue weighted by molar-refractivity contribution is -0.0153. The molecule has 2 aromatic heterocycles. The van der Waals surface area contributed by atoms with E-state index in [-0.39, 0.29) is 5.60 Å². The van der Waals surface area contributed by atoms with Gasteiger partial charge in [0, 0.05) is 24.4 Å². The van der Waals surface area contributed by atoms with Crippen molar-refractivity contribution in [3.8, 4) is 5.88 Å². The van der Waals surface area contributed by atoms with Crippen molar-refractivity contribution in [1.82, 2.24) is 19.9 Å². The molecule has 1 aliphatic rings. The Morgan fingerprint density at radius 3 is 2.95 bits per heavy atom. The highest BCUT2D eigenvalue weighted by Gasteiger charge is 2.42. The van der Waals surface area contributed by atoms with Gasteiger partial charge in [0.2, 0.25) is 5.88 Å². The molecule has 1 saturated carbocycles. The van der Waals surface area contributed by atoms with E-state index in [0.717, 1.165) is 23.9 Å². The fraction of sp³-hybridized carbons (Fsp3) is 0.538. The van der Waals surface area contributed by atoms with E-state index in [1.165, 1.54) is 0 Å². The predicted octanol–water partition coefficient (Wildman–Crippen LogP) is 2.21. The molecule has 0 radical (unpaired) electrons. The monoisotopic (exact) mass is 280 g/mol. The minimum atomic E-state index is -0.178. The second kappa shape index (κ2) is 4.35. The first-order chi connectivity index (χ1) is 9.00. The number of fused-ring (bicyclic) bond motifs is 1. The predicted molar refractivity (Wildman–Crippen MR) is 73.8 cm³/mol. The van der Waals surface area contributed by atoms with E-state index in [1.807, 2.05) is 14.0 Å². The van der Waals surface area contributed by atoms with Crippen LogP contribution in [0.3, 0.4) is 0 Å². The van der Waals surface area contributed by atoms with Gasteiger partial charge in [0.05, 0.1) is 12.4 Å². The van der Waals surface area contributed by atoms with Crippen LogP contribution in [0.1, 0.15) is 25.3 Å². The molecule has 5 nitrogen and oxygen atoms in total. The average molecular weight is 281 g/mol. The maximum atomic E-state index is 6.11. The minimum Gasteiger partial charge on any atom is -0.470 e. The third kappa shape index (κ3) is 2.17. The zero-order chi connectivity index (χ0) is 13.6. The van der Waals surface area contributed by atoms with Crippen molar-refractivity contribution in [1.29, 1.82) is 0 Å². The van der Waals surface area contributed by atoms with Crippen LogP contribution in [-0.2, 0) is 0 Å². The zero-order valence-electron chi connectivity index (χ0n) is 11.3. The Labute approximate surface area is 116 Å². The van der Waals surface area contributed by atoms with Crippen molar-refractivity contribution in [3.63, 3.8) is 0 Å². The Hall–Kier alpha value is -1.33. The standard InChI is InChI=1S/C13H17ClN4O/c1-8-6-16-18-7-10(14)17-12(11(8)18)19-13(2)4-9(5-13)15-3/h6-7,9,15H,4-5H2,1-3H3. The topological polar surface area (TPSA) is 51.5 Å². The van der Waals surface area contributed by atoms with Gasteiger partial charge in [-0.05, 0) is 20.9 Å². The van der Waals surface area contributed by atoms with Crippen LogP contribution >= 0.6 is 11.6 Å². The Morgan fingerprint density at radius 2 is 2.26 bits per heavy atom. The highest BCUT2D eigenvalue weighted by Crippen LogP contribution is 2.37. The highest BCUT2D eigenvalue weighted by atomic mass is 35.5. The van der Waals surface area contributed by atoms with Gasteiger partial charge in [-0.15, -0.1) is 0 Å². The van der Waals surface area contributed by atoms with Gasteiger partial charge in [-0.25, -0.2) is 4.52 Å². The van der Waals surface area contributed by atoms with E-state index in [4.69, 9.17) is 16.3 Å². The number of hydrogen-bond donors (Lipinski definition) is 1. The van der Waals surface area contributed by atoms with E-state index in [2.05, 4.69) is 22.3 Å². The Balaban J connectivity index is 1.94. The summed E-state index contributed by atoms with van der Waals surface area (Å²) < 4.78 is 7.83. The molecule has 0 aliphatic heterocycles. The summed E-state index contributed by atoms with van der Waals surface area (Å²) in [5, 5.41) is 7.89. The highest BCUT2D eigenvalue weighted by molar-refractivity contribution is 6.29. The number of aromatic nitrogens is 3. The second-order valence-electron chi connectivity index (χ2n) is 5.44. The molecule has 0 bridgehead atoms. The number of hydrogen-bond acceptors (Lipinski definition) is 4. The first-order valence-corrected chi connectivity index (χ1v) is 6.75. The number of nitrogens with zero attached hydrogens (tertiary/aromatic N) is 3. The fourth-order valence-corrected chi connectivity index (χ4v) is 2.84. The molecule has 3 rings (SSSR count). The van der Waals surface area contributed by atoms with Gasteiger partial charge >= 0.3 is 0 Å². The second-order valence-corrected chi connectivity index (χ2v) is 5.82. The molecular weight excluding hydrogens is 264 g/mol. The molecule has 0 amide bonds. The number of aryl methyl sites for hydroxylation is 1. The van der Waals surface area contributed by atoms with Crippen LogP contribution in [0, 0.1) is 6.92 Å². The first-order valence-electron chi connectivity index (χ1n) is 6.37. The lowest BCUT2D eigenvalue weighted by Crippen LogP contribution is -2.54. The Morgan fingerprint density at radius 1 is 1.53 bits per heavy atom. The van der Waals surface area contributed by atoms with E-state index in [1.54, 1.807) is 16.9 Å². The number of rotatable bonds is 3. The largest absolute Gasteiger partial charge is 0.470 e. The maximum Gasteiger partial charge on any atom is 0.242 e. The molecule has 1 aliphatic carbocycles. The van der Waals surface area contributed by atoms with Crippen LogP contribution < -0.4 is 10.1 Å². The van der Waals surface area contributed by atoms with Crippen LogP contribution in [0.2, 0.25) is 5.15 Å². The molecular formula is C13H17ClN4O. The van der Waals surface area contributed by atoms with Crippen molar-refractivity contribution in [2.24, 2.45) is 0 Å². The third-order valence-electron chi connectivity index (χ3n) is 3.73. The van der Waals surface area contributed by atoms with Gasteiger partial charge in [-0.1, -0.05) is 11.6 Å². The van der Waals surface area contributed by atoms with Gasteiger partial charge in [0.15, 0.2) is 5.15 Å². The van der Waals surface area contributed by atoms with Crippen molar-refractivity contribution in [2.45, 2.75) is 38.3 Å². The Kier molecular flexibility index (Phi) is 2.91. The summed E-state index contributed by atoms with van der Waals surface area (Å²) in [6.45, 7) is 4.09. The molecule has 0 spiro atoms. The van der Waals surface area contributed by atoms with Crippen molar-refractivity contribution in [2.75, 3.05) is 7.05 Å². The lowest BCUT2D eigenvalue weighted by Gasteiger charge is -2.44. The van der Waals surface area contributed by atoms with Crippen molar-refractivity contribution in [3.05, 3.63) is 23.1 Å². The van der Waals surface area contributed by atoms with Gasteiger partial charge in [0.25, 0.3) is 0 Å². The molecule has 0 unspecified atom stereocenters. The molecule has 2 aromatic rings. The minimum absolute atomic E-state index is 0.178. The first kappa shape index (κ1) is 12.7. The molecule has 0 saturated heterocycles. The lowest BCUT2D eigenvalue weighted by atomic mass is 9.77. The van der Waals surface area contributed by atoms with Crippen LogP contribution in [0.4, 0.5) is 0 Å². The fourth-order valence-electron chi connectivity index (χ4n) is 2.67. The maximum absolute atomic E-state index is 6.11. The molecule has 0 aromatic carbocycles. The molecule has 0 atom stereocenters. The van der Waals surface area contributed by atoms with Gasteiger partial charge < -0.3 is 10.1 Å². The van der Waals surface area contributed by atoms with Crippen LogP contribution in [0.5, 0.6) is 5.88 Å². The van der Waals surface area contributed by atoms with Crippen LogP contribution in [0.25, 0.3) is 5.52 Å². The quantitative estimate of drug-likeness (QED) is 0.937. The summed E-state index contributed by atoms with van der Waals surface area (Å²) in [6, 6.07) is 0.520. The summed E-state index contributed by atoms with van der Waals surface area (Å²) in [5.41, 5.74) is 1.74. The average Bonchev–Trinajstić information content (AvgIpc) is 2.67. The van der Waals surface area contributed by atoms with Gasteiger partial charge in [0.1, 0.15) is 11.1 Å². The molecule has 1 fully saturated rings. The Bertz CT molecular complexity index is 618. The number of ether oxygens (including phenoxy) is 1. The van der Waals surface area contributed by atoms with E-state index >= 15 is 0 Å². The van der Waals surface area contributed by atoms with Crippen LogP contribution in [0.15, 0.2) is 12.4 Å². The van der Waals surface area contributed by atoms with E-state index in [0.29, 0.717) is 17.1 Å². The smallest absolute Gasteiger partial charge is 0.242 e. The zero-order valence-corrected chi connectivity index (χ0v) is 12.0. The van der Waals surface area contributed by atoms with Crippen molar-refractivity contribution < 1.29 is 4.74 Å². The van der Waals surface area contributed by atoms with Gasteiger partial charge in [-0.3, -0.25) is 0 Å². The normalized spacial score (nSPS) is 26.4. The summed E-state index contributed by atoms with van der Waals surface area (Å²) in [6.07, 6.45) is 5.42. The SMILES string of the molecule is CNC1CC(C)(Oc2nc(Cl)cn3ncc(C)c23)C1. The molecule has 102 valence electrons. The summed E-state index contributed by atoms with van der Waals surface area (Å²) >= 11 is 6.01. The van der Waals surface area contributed by atoms with E-state index < -0.39 is 0 Å². The number of halogens is 1. The summed E-state index contributed by atoms with van der Waals surface area (Å²) in [5.74, 6) is 0.569. The summed E-state index contributed by atoms with van der Waals surface area (Å²) in [7, 11) is 1.97. The molecule has 19 heavy (non-hydrogen) atoms. The molecule has 6 heteroatoms. The van der Waals surface area contributed by atoms with Crippen molar-refractivity contribution >= 4 is 17.1 Å².